The van der Waals surface area contributed by atoms with Gasteiger partial charge in [0.2, 0.25) is 0 Å². The average molecular weight is 252 g/mol. The molecule has 0 spiro atoms. The Morgan fingerprint density at radius 3 is 2.59 bits per heavy atom. The molecular formula is C10H12N4O2S. The van der Waals surface area contributed by atoms with E-state index in [-0.39, 0.29) is 5.16 Å². The van der Waals surface area contributed by atoms with Crippen molar-refractivity contribution in [2.75, 3.05) is 0 Å². The predicted molar refractivity (Wildman–Crippen MR) is 62.7 cm³/mol. The number of primary sulfonamides is 1. The van der Waals surface area contributed by atoms with Crippen LogP contribution < -0.4 is 5.14 Å². The first-order chi connectivity index (χ1) is 7.88. The maximum Gasteiger partial charge on any atom is 0.273 e. The number of aryl methyl sites for hydroxylation is 2. The Bertz CT molecular complexity index is 661. The minimum absolute atomic E-state index is 0.326. The Morgan fingerprint density at radius 2 is 2.00 bits per heavy atom. The van der Waals surface area contributed by atoms with E-state index in [2.05, 4.69) is 15.2 Å². The summed E-state index contributed by atoms with van der Waals surface area (Å²) in [5.74, 6) is 0.329. The summed E-state index contributed by atoms with van der Waals surface area (Å²) in [6.07, 6.45) is 0. The summed E-state index contributed by atoms with van der Waals surface area (Å²) in [4.78, 5) is 3.87. The standard InChI is InChI=1S/C10H12N4O2S/c1-6-3-4-7(2)8(5-6)9-12-10(14-13-9)17(11,15)16/h3-5H,1-2H3,(H2,11,15,16)(H,12,13,14). The molecule has 0 aliphatic heterocycles. The summed E-state index contributed by atoms with van der Waals surface area (Å²) in [5, 5.41) is 10.8. The topological polar surface area (TPSA) is 102 Å². The van der Waals surface area contributed by atoms with E-state index in [1.165, 1.54) is 0 Å². The fourth-order valence-corrected chi connectivity index (χ4v) is 1.86. The van der Waals surface area contributed by atoms with Gasteiger partial charge in [-0.2, -0.15) is 10.1 Å². The van der Waals surface area contributed by atoms with Crippen LogP contribution in [-0.4, -0.2) is 23.6 Å². The highest BCUT2D eigenvalue weighted by Gasteiger charge is 2.15. The van der Waals surface area contributed by atoms with Crippen LogP contribution in [0.15, 0.2) is 23.4 Å². The van der Waals surface area contributed by atoms with Gasteiger partial charge in [-0.1, -0.05) is 17.7 Å². The molecule has 0 radical (unpaired) electrons. The van der Waals surface area contributed by atoms with Gasteiger partial charge in [-0.05, 0) is 25.5 Å². The van der Waals surface area contributed by atoms with Crippen molar-refractivity contribution < 1.29 is 8.42 Å². The molecule has 6 nitrogen and oxygen atoms in total. The van der Waals surface area contributed by atoms with E-state index in [9.17, 15) is 8.42 Å². The molecule has 1 aromatic carbocycles. The molecule has 2 aromatic rings. The van der Waals surface area contributed by atoms with Crippen LogP contribution in [0.5, 0.6) is 0 Å². The molecular weight excluding hydrogens is 240 g/mol. The van der Waals surface area contributed by atoms with E-state index in [0.29, 0.717) is 5.82 Å². The van der Waals surface area contributed by atoms with E-state index >= 15 is 0 Å². The number of sulfonamides is 1. The second-order valence-electron chi connectivity index (χ2n) is 3.83. The Labute approximate surface area is 98.9 Å². The normalized spacial score (nSPS) is 11.7. The lowest BCUT2D eigenvalue weighted by Gasteiger charge is -2.02. The van der Waals surface area contributed by atoms with Crippen molar-refractivity contribution in [3.05, 3.63) is 29.3 Å². The minimum atomic E-state index is -3.84. The van der Waals surface area contributed by atoms with Crippen molar-refractivity contribution >= 4 is 10.0 Å². The molecule has 0 bridgehead atoms. The van der Waals surface area contributed by atoms with Gasteiger partial charge in [0.05, 0.1) is 0 Å². The van der Waals surface area contributed by atoms with Gasteiger partial charge in [0.25, 0.3) is 15.2 Å². The van der Waals surface area contributed by atoms with Crippen molar-refractivity contribution in [2.45, 2.75) is 19.0 Å². The predicted octanol–water partition coefficient (Wildman–Crippen LogP) is 0.736. The second-order valence-corrected chi connectivity index (χ2v) is 5.30. The number of rotatable bonds is 2. The third-order valence-corrected chi connectivity index (χ3v) is 3.09. The van der Waals surface area contributed by atoms with Crippen molar-refractivity contribution in [1.29, 1.82) is 0 Å². The number of nitrogens with zero attached hydrogens (tertiary/aromatic N) is 2. The van der Waals surface area contributed by atoms with E-state index in [1.807, 2.05) is 32.0 Å². The Kier molecular flexibility index (Phi) is 2.72. The number of aromatic nitrogens is 3. The third kappa shape index (κ3) is 2.34. The quantitative estimate of drug-likeness (QED) is 0.822. The molecule has 1 heterocycles. The number of nitrogens with two attached hydrogens (primary N) is 1. The van der Waals surface area contributed by atoms with Crippen molar-refractivity contribution in [3.63, 3.8) is 0 Å². The van der Waals surface area contributed by atoms with Crippen LogP contribution in [0.2, 0.25) is 0 Å². The summed E-state index contributed by atoms with van der Waals surface area (Å²) in [6, 6.07) is 5.79. The van der Waals surface area contributed by atoms with Crippen LogP contribution >= 0.6 is 0 Å². The number of hydrogen-bond donors (Lipinski definition) is 2. The van der Waals surface area contributed by atoms with Crippen LogP contribution in [0, 0.1) is 13.8 Å². The van der Waals surface area contributed by atoms with Crippen molar-refractivity contribution in [1.82, 2.24) is 15.2 Å². The molecule has 0 atom stereocenters. The van der Waals surface area contributed by atoms with Gasteiger partial charge in [-0.25, -0.2) is 18.7 Å². The summed E-state index contributed by atoms with van der Waals surface area (Å²) < 4.78 is 22.1. The zero-order valence-electron chi connectivity index (χ0n) is 9.43. The van der Waals surface area contributed by atoms with Gasteiger partial charge >= 0.3 is 0 Å². The maximum atomic E-state index is 11.1. The summed E-state index contributed by atoms with van der Waals surface area (Å²) in [6.45, 7) is 3.85. The highest BCUT2D eigenvalue weighted by molar-refractivity contribution is 7.89. The van der Waals surface area contributed by atoms with Crippen molar-refractivity contribution in [3.8, 4) is 11.4 Å². The van der Waals surface area contributed by atoms with Gasteiger partial charge in [0.15, 0.2) is 5.82 Å². The SMILES string of the molecule is Cc1ccc(C)c(-c2n[nH]c(S(N)(=O)=O)n2)c1. The molecule has 0 saturated heterocycles. The zero-order valence-corrected chi connectivity index (χ0v) is 10.2. The van der Waals surface area contributed by atoms with Crippen LogP contribution in [0.4, 0.5) is 0 Å². The average Bonchev–Trinajstić information content (AvgIpc) is 2.70. The molecule has 7 heteroatoms. The number of hydrogen-bond acceptors (Lipinski definition) is 4. The van der Waals surface area contributed by atoms with Gasteiger partial charge in [-0.15, -0.1) is 0 Å². The van der Waals surface area contributed by atoms with Crippen LogP contribution in [0.25, 0.3) is 11.4 Å². The first kappa shape index (κ1) is 11.7. The van der Waals surface area contributed by atoms with Gasteiger partial charge < -0.3 is 0 Å². The zero-order chi connectivity index (χ0) is 12.6. The molecule has 2 rings (SSSR count). The molecule has 0 saturated carbocycles. The van der Waals surface area contributed by atoms with E-state index in [4.69, 9.17) is 5.14 Å². The van der Waals surface area contributed by atoms with E-state index in [0.717, 1.165) is 16.7 Å². The molecule has 3 N–H and O–H groups in total. The molecule has 0 aliphatic rings. The third-order valence-electron chi connectivity index (χ3n) is 2.37. The summed E-state index contributed by atoms with van der Waals surface area (Å²) in [7, 11) is -3.84. The summed E-state index contributed by atoms with van der Waals surface area (Å²) in [5.41, 5.74) is 2.80. The van der Waals surface area contributed by atoms with Gasteiger partial charge in [0.1, 0.15) is 0 Å². The lowest BCUT2D eigenvalue weighted by molar-refractivity contribution is 0.589. The molecule has 1 aromatic heterocycles. The lowest BCUT2D eigenvalue weighted by atomic mass is 10.1. The largest absolute Gasteiger partial charge is 0.273 e. The Morgan fingerprint density at radius 1 is 1.29 bits per heavy atom. The first-order valence-corrected chi connectivity index (χ1v) is 6.45. The van der Waals surface area contributed by atoms with Crippen LogP contribution in [0.1, 0.15) is 11.1 Å². The maximum absolute atomic E-state index is 11.1. The summed E-state index contributed by atoms with van der Waals surface area (Å²) >= 11 is 0. The van der Waals surface area contributed by atoms with Crippen LogP contribution in [0.3, 0.4) is 0 Å². The van der Waals surface area contributed by atoms with Crippen LogP contribution in [-0.2, 0) is 10.0 Å². The highest BCUT2D eigenvalue weighted by atomic mass is 32.2. The van der Waals surface area contributed by atoms with E-state index in [1.54, 1.807) is 0 Å². The minimum Gasteiger partial charge on any atom is -0.248 e. The second kappa shape index (κ2) is 3.94. The smallest absolute Gasteiger partial charge is 0.248 e. The number of benzene rings is 1. The molecule has 90 valence electrons. The first-order valence-electron chi connectivity index (χ1n) is 4.91. The number of H-pyrrole nitrogens is 1. The van der Waals surface area contributed by atoms with E-state index < -0.39 is 10.0 Å². The Hall–Kier alpha value is -1.73. The van der Waals surface area contributed by atoms with Gasteiger partial charge in [-0.3, -0.25) is 0 Å². The molecule has 0 aliphatic carbocycles. The Balaban J connectivity index is 2.55. The molecule has 0 fully saturated rings. The monoisotopic (exact) mass is 252 g/mol. The fraction of sp³-hybridized carbons (Fsp3) is 0.200. The molecule has 0 amide bonds. The van der Waals surface area contributed by atoms with Gasteiger partial charge in [0, 0.05) is 5.56 Å². The van der Waals surface area contributed by atoms with Crippen molar-refractivity contribution in [2.24, 2.45) is 5.14 Å². The number of nitrogens with one attached hydrogen (secondary N) is 1. The molecule has 0 unspecified atom stereocenters. The fourth-order valence-electron chi connectivity index (χ4n) is 1.47. The number of aromatic amines is 1. The highest BCUT2D eigenvalue weighted by Crippen LogP contribution is 2.21. The molecule has 17 heavy (non-hydrogen) atoms. The lowest BCUT2D eigenvalue weighted by Crippen LogP contribution is -2.13.